The summed E-state index contributed by atoms with van der Waals surface area (Å²) in [5.74, 6) is -0.560. The van der Waals surface area contributed by atoms with Gasteiger partial charge in [0.2, 0.25) is 0 Å². The minimum Gasteiger partial charge on any atom is -0.350 e. The molecule has 0 aliphatic heterocycles. The zero-order chi connectivity index (χ0) is 10.3. The Bertz CT molecular complexity index is 225. The highest BCUT2D eigenvalue weighted by molar-refractivity contribution is 5.87. The van der Waals surface area contributed by atoms with Crippen molar-refractivity contribution < 1.29 is 14.4 Å². The summed E-state index contributed by atoms with van der Waals surface area (Å²) in [6, 6.07) is -0.829. The van der Waals surface area contributed by atoms with Gasteiger partial charge in [-0.05, 0) is 13.3 Å². The van der Waals surface area contributed by atoms with Crippen molar-refractivity contribution in [3.8, 4) is 0 Å². The lowest BCUT2D eigenvalue weighted by atomic mass is 10.2. The minimum atomic E-state index is -0.829. The molecule has 0 saturated heterocycles. The summed E-state index contributed by atoms with van der Waals surface area (Å²) < 4.78 is 0. The van der Waals surface area contributed by atoms with Gasteiger partial charge in [0.15, 0.2) is 0 Å². The Labute approximate surface area is 76.0 Å². The number of carbonyl (C=O) groups excluding carboxylic acids is 2. The molecule has 2 amide bonds. The molecule has 0 aliphatic rings. The number of allylic oxidation sites excluding steroid dienone is 1. The lowest BCUT2D eigenvalue weighted by Crippen LogP contribution is -2.42. The maximum atomic E-state index is 11.0. The average molecular weight is 187 g/mol. The van der Waals surface area contributed by atoms with Crippen molar-refractivity contribution >= 4 is 12.0 Å². The molecule has 0 aliphatic carbocycles. The van der Waals surface area contributed by atoms with Crippen LogP contribution < -0.4 is 16.7 Å². The first kappa shape index (κ1) is 11.4. The zero-order valence-corrected chi connectivity index (χ0v) is 7.59. The van der Waals surface area contributed by atoms with Gasteiger partial charge < -0.3 is 10.6 Å². The van der Waals surface area contributed by atoms with Gasteiger partial charge in [0, 0.05) is 5.57 Å². The van der Waals surface area contributed by atoms with Crippen LogP contribution in [0.15, 0.2) is 11.6 Å². The van der Waals surface area contributed by atoms with Crippen LogP contribution in [0.4, 0.5) is 4.79 Å². The van der Waals surface area contributed by atoms with E-state index in [4.69, 9.17) is 5.73 Å². The molecule has 0 radical (unpaired) electrons. The van der Waals surface area contributed by atoms with E-state index in [-0.39, 0.29) is 0 Å². The Morgan fingerprint density at radius 3 is 2.62 bits per heavy atom. The summed E-state index contributed by atoms with van der Waals surface area (Å²) in [4.78, 5) is 25.5. The van der Waals surface area contributed by atoms with Gasteiger partial charge in [-0.25, -0.2) is 15.0 Å². The molecule has 0 spiro atoms. The van der Waals surface area contributed by atoms with Crippen LogP contribution in [0.1, 0.15) is 20.3 Å². The van der Waals surface area contributed by atoms with E-state index in [0.717, 1.165) is 6.42 Å². The van der Waals surface area contributed by atoms with E-state index in [1.165, 1.54) is 0 Å². The van der Waals surface area contributed by atoms with Gasteiger partial charge in [-0.1, -0.05) is 18.6 Å². The van der Waals surface area contributed by atoms with Crippen LogP contribution in [0.5, 0.6) is 0 Å². The number of carbonyl (C=O) groups is 2. The smallest absolute Gasteiger partial charge is 0.350 e. The monoisotopic (exact) mass is 187 g/mol. The second-order valence-electron chi connectivity index (χ2n) is 2.28. The van der Waals surface area contributed by atoms with E-state index in [9.17, 15) is 9.59 Å². The number of rotatable bonds is 4. The molecule has 0 atom stereocenters. The summed E-state index contributed by atoms with van der Waals surface area (Å²) in [5, 5.41) is 0. The molecule has 0 rings (SSSR count). The largest absolute Gasteiger partial charge is 0.353 e. The topological polar surface area (TPSA) is 93.4 Å². The third kappa shape index (κ3) is 5.68. The van der Waals surface area contributed by atoms with E-state index >= 15 is 0 Å². The third-order valence-electron chi connectivity index (χ3n) is 1.15. The number of hydrazine groups is 1. The second-order valence-corrected chi connectivity index (χ2v) is 2.28. The number of nitrogens with two attached hydrogens (primary N) is 1. The predicted molar refractivity (Wildman–Crippen MR) is 46.0 cm³/mol. The van der Waals surface area contributed by atoms with Gasteiger partial charge in [0.1, 0.15) is 0 Å². The van der Waals surface area contributed by atoms with Crippen LogP contribution in [-0.4, -0.2) is 12.0 Å². The molecule has 6 heteroatoms. The summed E-state index contributed by atoms with van der Waals surface area (Å²) in [6.45, 7) is 3.50. The fourth-order valence-corrected chi connectivity index (χ4v) is 0.592. The van der Waals surface area contributed by atoms with Crippen molar-refractivity contribution in [2.75, 3.05) is 0 Å². The fourth-order valence-electron chi connectivity index (χ4n) is 0.592. The van der Waals surface area contributed by atoms with Gasteiger partial charge in [-0.15, -0.1) is 0 Å². The summed E-state index contributed by atoms with van der Waals surface area (Å²) in [5.41, 5.74) is 8.96. The van der Waals surface area contributed by atoms with Crippen LogP contribution in [-0.2, 0) is 9.63 Å². The van der Waals surface area contributed by atoms with Crippen LogP contribution in [0.2, 0.25) is 0 Å². The Kier molecular flexibility index (Phi) is 5.29. The first-order chi connectivity index (χ1) is 6.07. The number of nitrogens with one attached hydrogen (secondary N) is 2. The maximum absolute atomic E-state index is 11.0. The van der Waals surface area contributed by atoms with Gasteiger partial charge in [-0.3, -0.25) is 0 Å². The predicted octanol–water partition coefficient (Wildman–Crippen LogP) is -0.0262. The summed E-state index contributed by atoms with van der Waals surface area (Å²) in [7, 11) is 0. The maximum Gasteiger partial charge on any atom is 0.353 e. The average Bonchev–Trinajstić information content (AvgIpc) is 2.04. The van der Waals surface area contributed by atoms with Crippen LogP contribution >= 0.6 is 0 Å². The standard InChI is InChI=1S/C7H13N3O3/c1-3-4-5(2)6(11)13-10-9-7(8)12/h4,10H,3H2,1-2H3,(H3,8,9,12). The minimum absolute atomic E-state index is 0.460. The molecule has 74 valence electrons. The van der Waals surface area contributed by atoms with Gasteiger partial charge in [0.05, 0.1) is 0 Å². The quantitative estimate of drug-likeness (QED) is 0.425. The molecule has 13 heavy (non-hydrogen) atoms. The molecule has 0 saturated carbocycles. The van der Waals surface area contributed by atoms with E-state index < -0.39 is 12.0 Å². The highest BCUT2D eigenvalue weighted by Gasteiger charge is 2.04. The van der Waals surface area contributed by atoms with Crippen LogP contribution in [0.3, 0.4) is 0 Å². The molecule has 0 aromatic carbocycles. The first-order valence-corrected chi connectivity index (χ1v) is 3.76. The molecule has 0 unspecified atom stereocenters. The van der Waals surface area contributed by atoms with Gasteiger partial charge in [0.25, 0.3) is 0 Å². The van der Waals surface area contributed by atoms with E-state index in [2.05, 4.69) is 4.84 Å². The Hall–Kier alpha value is -1.56. The SMILES string of the molecule is CCC=C(C)C(=O)ONNC(N)=O. The van der Waals surface area contributed by atoms with E-state index in [0.29, 0.717) is 5.57 Å². The number of hydrogen-bond acceptors (Lipinski definition) is 4. The Balaban J connectivity index is 3.75. The third-order valence-corrected chi connectivity index (χ3v) is 1.15. The molecular weight excluding hydrogens is 174 g/mol. The number of urea groups is 1. The molecular formula is C7H13N3O3. The zero-order valence-electron chi connectivity index (χ0n) is 7.59. The van der Waals surface area contributed by atoms with Crippen LogP contribution in [0, 0.1) is 0 Å². The molecule has 0 aromatic rings. The van der Waals surface area contributed by atoms with Crippen molar-refractivity contribution in [2.45, 2.75) is 20.3 Å². The van der Waals surface area contributed by atoms with Crippen molar-refractivity contribution in [1.82, 2.24) is 11.0 Å². The van der Waals surface area contributed by atoms with Crippen molar-refractivity contribution in [3.05, 3.63) is 11.6 Å². The number of hydrogen-bond donors (Lipinski definition) is 3. The highest BCUT2D eigenvalue weighted by Crippen LogP contribution is 1.96. The van der Waals surface area contributed by atoms with Crippen molar-refractivity contribution in [3.63, 3.8) is 0 Å². The normalized spacial score (nSPS) is 10.8. The number of primary amides is 1. The molecule has 0 aromatic heterocycles. The Morgan fingerprint density at radius 2 is 2.15 bits per heavy atom. The molecule has 0 bridgehead atoms. The highest BCUT2D eigenvalue weighted by atomic mass is 16.7. The van der Waals surface area contributed by atoms with E-state index in [1.807, 2.05) is 17.9 Å². The van der Waals surface area contributed by atoms with Gasteiger partial charge in [-0.2, -0.15) is 0 Å². The fraction of sp³-hybridized carbons (Fsp3) is 0.429. The van der Waals surface area contributed by atoms with Crippen molar-refractivity contribution in [1.29, 1.82) is 0 Å². The molecule has 4 N–H and O–H groups in total. The molecule has 6 nitrogen and oxygen atoms in total. The summed E-state index contributed by atoms with van der Waals surface area (Å²) in [6.07, 6.45) is 2.44. The Morgan fingerprint density at radius 1 is 1.54 bits per heavy atom. The number of amides is 2. The van der Waals surface area contributed by atoms with Crippen molar-refractivity contribution in [2.24, 2.45) is 5.73 Å². The van der Waals surface area contributed by atoms with Gasteiger partial charge >= 0.3 is 12.0 Å². The lowest BCUT2D eigenvalue weighted by molar-refractivity contribution is -0.147. The molecule has 0 heterocycles. The lowest BCUT2D eigenvalue weighted by Gasteiger charge is -2.04. The van der Waals surface area contributed by atoms with Crippen LogP contribution in [0.25, 0.3) is 0 Å². The molecule has 0 fully saturated rings. The first-order valence-electron chi connectivity index (χ1n) is 3.76. The second kappa shape index (κ2) is 6.01. The van der Waals surface area contributed by atoms with E-state index in [1.54, 1.807) is 13.0 Å². The summed E-state index contributed by atoms with van der Waals surface area (Å²) >= 11 is 0.